The average molecular weight is 288 g/mol. The second-order valence-corrected chi connectivity index (χ2v) is 6.10. The average Bonchev–Trinajstić information content (AvgIpc) is 2.99. The molecule has 0 spiro atoms. The van der Waals surface area contributed by atoms with Crippen LogP contribution in [0.5, 0.6) is 0 Å². The zero-order valence-electron chi connectivity index (χ0n) is 12.4. The number of hydrogen-bond donors (Lipinski definition) is 1. The van der Waals surface area contributed by atoms with Gasteiger partial charge in [-0.1, -0.05) is 44.2 Å². The molecule has 1 heterocycles. The lowest BCUT2D eigenvalue weighted by Crippen LogP contribution is -2.37. The molecule has 108 valence electrons. The van der Waals surface area contributed by atoms with Gasteiger partial charge in [-0.15, -0.1) is 11.3 Å². The molecule has 0 radical (unpaired) electrons. The molecule has 2 nitrogen and oxygen atoms in total. The molecule has 2 unspecified atom stereocenters. The lowest BCUT2D eigenvalue weighted by atomic mass is 9.87. The molecule has 0 saturated carbocycles. The fraction of sp³-hybridized carbons (Fsp3) is 0.471. The van der Waals surface area contributed by atoms with Gasteiger partial charge in [0.25, 0.3) is 0 Å². The lowest BCUT2D eigenvalue weighted by Gasteiger charge is -2.27. The monoisotopic (exact) mass is 288 g/mol. The summed E-state index contributed by atoms with van der Waals surface area (Å²) in [6.07, 6.45) is 5.24. The Morgan fingerprint density at radius 3 is 2.60 bits per heavy atom. The van der Waals surface area contributed by atoms with Crippen LogP contribution in [-0.2, 0) is 6.42 Å². The van der Waals surface area contributed by atoms with Crippen molar-refractivity contribution in [2.75, 3.05) is 6.54 Å². The minimum absolute atomic E-state index is 0.466. The van der Waals surface area contributed by atoms with Crippen molar-refractivity contribution in [1.29, 1.82) is 0 Å². The van der Waals surface area contributed by atoms with Gasteiger partial charge in [0.2, 0.25) is 0 Å². The van der Waals surface area contributed by atoms with Crippen LogP contribution in [0.25, 0.3) is 0 Å². The second-order valence-electron chi connectivity index (χ2n) is 5.12. The number of hydrogen-bond acceptors (Lipinski definition) is 3. The molecule has 0 saturated heterocycles. The largest absolute Gasteiger partial charge is 0.313 e. The SMILES string of the molecule is CCCNC(Cc1nccs1)C(CC)c1ccccc1. The molecule has 2 atom stereocenters. The molecule has 0 aliphatic heterocycles. The zero-order chi connectivity index (χ0) is 14.2. The molecule has 0 fully saturated rings. The highest BCUT2D eigenvalue weighted by molar-refractivity contribution is 7.09. The normalized spacial score (nSPS) is 14.1. The van der Waals surface area contributed by atoms with Crippen LogP contribution in [0.3, 0.4) is 0 Å². The van der Waals surface area contributed by atoms with Crippen molar-refractivity contribution < 1.29 is 0 Å². The lowest BCUT2D eigenvalue weighted by molar-refractivity contribution is 0.419. The van der Waals surface area contributed by atoms with Crippen LogP contribution in [-0.4, -0.2) is 17.6 Å². The summed E-state index contributed by atoms with van der Waals surface area (Å²) in [4.78, 5) is 4.45. The van der Waals surface area contributed by atoms with E-state index in [9.17, 15) is 0 Å². The first-order valence-corrected chi connectivity index (χ1v) is 8.39. The predicted octanol–water partition coefficient (Wildman–Crippen LogP) is 4.25. The molecule has 2 aromatic rings. The fourth-order valence-electron chi connectivity index (χ4n) is 2.68. The molecule has 1 aromatic heterocycles. The topological polar surface area (TPSA) is 24.9 Å². The second kappa shape index (κ2) is 8.18. The summed E-state index contributed by atoms with van der Waals surface area (Å²) in [7, 11) is 0. The Balaban J connectivity index is 2.14. The van der Waals surface area contributed by atoms with E-state index < -0.39 is 0 Å². The van der Waals surface area contributed by atoms with Gasteiger partial charge in [0.1, 0.15) is 0 Å². The van der Waals surface area contributed by atoms with Crippen molar-refractivity contribution in [3.05, 3.63) is 52.5 Å². The van der Waals surface area contributed by atoms with Crippen LogP contribution in [0.4, 0.5) is 0 Å². The molecule has 3 heteroatoms. The van der Waals surface area contributed by atoms with Gasteiger partial charge < -0.3 is 5.32 Å². The Labute approximate surface area is 126 Å². The predicted molar refractivity (Wildman–Crippen MR) is 87.4 cm³/mol. The highest BCUT2D eigenvalue weighted by Crippen LogP contribution is 2.26. The van der Waals surface area contributed by atoms with E-state index in [2.05, 4.69) is 59.9 Å². The van der Waals surface area contributed by atoms with E-state index in [4.69, 9.17) is 0 Å². The number of rotatable bonds is 8. The maximum absolute atomic E-state index is 4.45. The van der Waals surface area contributed by atoms with E-state index in [0.29, 0.717) is 12.0 Å². The van der Waals surface area contributed by atoms with Gasteiger partial charge in [-0.2, -0.15) is 0 Å². The van der Waals surface area contributed by atoms with Gasteiger partial charge in [-0.25, -0.2) is 4.98 Å². The van der Waals surface area contributed by atoms with E-state index >= 15 is 0 Å². The van der Waals surface area contributed by atoms with Crippen LogP contribution in [0.1, 0.15) is 43.2 Å². The summed E-state index contributed by atoms with van der Waals surface area (Å²) < 4.78 is 0. The van der Waals surface area contributed by atoms with Gasteiger partial charge in [0, 0.05) is 24.0 Å². The minimum atomic E-state index is 0.466. The van der Waals surface area contributed by atoms with Crippen molar-refractivity contribution in [2.45, 2.75) is 45.1 Å². The van der Waals surface area contributed by atoms with Crippen LogP contribution in [0.2, 0.25) is 0 Å². The molecule has 2 rings (SSSR count). The van der Waals surface area contributed by atoms with Gasteiger partial charge in [-0.3, -0.25) is 0 Å². The molecule has 0 aliphatic carbocycles. The van der Waals surface area contributed by atoms with Gasteiger partial charge >= 0.3 is 0 Å². The molecule has 20 heavy (non-hydrogen) atoms. The molecular formula is C17H24N2S. The van der Waals surface area contributed by atoms with Crippen LogP contribution >= 0.6 is 11.3 Å². The fourth-order valence-corrected chi connectivity index (χ4v) is 3.36. The molecule has 0 amide bonds. The van der Waals surface area contributed by atoms with Crippen molar-refractivity contribution >= 4 is 11.3 Å². The molecule has 1 N–H and O–H groups in total. The van der Waals surface area contributed by atoms with Crippen molar-refractivity contribution in [2.24, 2.45) is 0 Å². The first-order valence-electron chi connectivity index (χ1n) is 7.51. The van der Waals surface area contributed by atoms with Gasteiger partial charge in [-0.05, 0) is 30.9 Å². The smallest absolute Gasteiger partial charge is 0.0940 e. The maximum atomic E-state index is 4.45. The first kappa shape index (κ1) is 15.2. The Morgan fingerprint density at radius 1 is 1.20 bits per heavy atom. The number of benzene rings is 1. The van der Waals surface area contributed by atoms with Crippen molar-refractivity contribution in [3.8, 4) is 0 Å². The molecular weight excluding hydrogens is 264 g/mol. The van der Waals surface area contributed by atoms with Crippen molar-refractivity contribution in [3.63, 3.8) is 0 Å². The minimum Gasteiger partial charge on any atom is -0.313 e. The molecule has 1 aromatic carbocycles. The van der Waals surface area contributed by atoms with Crippen LogP contribution < -0.4 is 5.32 Å². The third-order valence-electron chi connectivity index (χ3n) is 3.69. The third-order valence-corrected chi connectivity index (χ3v) is 4.49. The Bertz CT molecular complexity index is 467. The van der Waals surface area contributed by atoms with E-state index in [0.717, 1.165) is 19.4 Å². The van der Waals surface area contributed by atoms with E-state index in [1.165, 1.54) is 17.0 Å². The molecule has 0 bridgehead atoms. The zero-order valence-corrected chi connectivity index (χ0v) is 13.2. The quantitative estimate of drug-likeness (QED) is 0.785. The Morgan fingerprint density at radius 2 is 2.00 bits per heavy atom. The van der Waals surface area contributed by atoms with Gasteiger partial charge in [0.15, 0.2) is 0 Å². The summed E-state index contributed by atoms with van der Waals surface area (Å²) in [5, 5.41) is 7.02. The summed E-state index contributed by atoms with van der Waals surface area (Å²) in [6.45, 7) is 5.57. The van der Waals surface area contributed by atoms with E-state index in [1.807, 2.05) is 6.20 Å². The van der Waals surface area contributed by atoms with Gasteiger partial charge in [0.05, 0.1) is 5.01 Å². The Kier molecular flexibility index (Phi) is 6.22. The highest BCUT2D eigenvalue weighted by atomic mass is 32.1. The highest BCUT2D eigenvalue weighted by Gasteiger charge is 2.22. The summed E-state index contributed by atoms with van der Waals surface area (Å²) in [6, 6.07) is 11.3. The summed E-state index contributed by atoms with van der Waals surface area (Å²) in [5.41, 5.74) is 1.43. The Hall–Kier alpha value is -1.19. The van der Waals surface area contributed by atoms with E-state index in [-0.39, 0.29) is 0 Å². The molecule has 0 aliphatic rings. The standard InChI is InChI=1S/C17H24N2S/c1-3-10-18-16(13-17-19-11-12-20-17)15(4-2)14-8-6-5-7-9-14/h5-9,11-12,15-16,18H,3-4,10,13H2,1-2H3. The number of nitrogens with one attached hydrogen (secondary N) is 1. The summed E-state index contributed by atoms with van der Waals surface area (Å²) in [5.74, 6) is 0.548. The third kappa shape index (κ3) is 4.15. The maximum Gasteiger partial charge on any atom is 0.0940 e. The van der Waals surface area contributed by atoms with Crippen LogP contribution in [0, 0.1) is 0 Å². The van der Waals surface area contributed by atoms with Crippen molar-refractivity contribution in [1.82, 2.24) is 10.3 Å². The number of thiazole rings is 1. The van der Waals surface area contributed by atoms with Crippen LogP contribution in [0.15, 0.2) is 41.9 Å². The number of aromatic nitrogens is 1. The summed E-state index contributed by atoms with van der Waals surface area (Å²) >= 11 is 1.76. The number of nitrogens with zero attached hydrogens (tertiary/aromatic N) is 1. The first-order chi connectivity index (χ1) is 9.85. The van der Waals surface area contributed by atoms with E-state index in [1.54, 1.807) is 11.3 Å².